The van der Waals surface area contributed by atoms with Gasteiger partial charge < -0.3 is 14.1 Å². The molecule has 9 aromatic rings. The molecule has 63 heavy (non-hydrogen) atoms. The molecule has 1 aliphatic carbocycles. The van der Waals surface area contributed by atoms with Crippen molar-refractivity contribution in [1.82, 2.24) is 0 Å². The maximum Gasteiger partial charge on any atom is 0.333 e. The van der Waals surface area contributed by atoms with E-state index in [1.54, 1.807) is 0 Å². The average Bonchev–Trinajstić information content (AvgIpc) is 3.77. The van der Waals surface area contributed by atoms with E-state index in [1.807, 2.05) is 0 Å². The third kappa shape index (κ3) is 5.40. The maximum atomic E-state index is 7.06. The largest absolute Gasteiger partial charge is 0.455 e. The fourth-order valence-corrected chi connectivity index (χ4v) is 11.2. The van der Waals surface area contributed by atoms with Gasteiger partial charge in [-0.25, -0.2) is 0 Å². The van der Waals surface area contributed by atoms with Gasteiger partial charge in [0.25, 0.3) is 0 Å². The van der Waals surface area contributed by atoms with Crippen LogP contribution in [-0.4, -0.2) is 6.85 Å². The first-order chi connectivity index (χ1) is 30.3. The van der Waals surface area contributed by atoms with Crippen molar-refractivity contribution in [1.29, 1.82) is 0 Å². The fourth-order valence-electron chi connectivity index (χ4n) is 11.2. The van der Waals surface area contributed by atoms with Crippen LogP contribution < -0.4 is 20.6 Å². The van der Waals surface area contributed by atoms with Crippen LogP contribution in [0.25, 0.3) is 55.3 Å². The van der Waals surface area contributed by atoms with Gasteiger partial charge in [0.1, 0.15) is 11.2 Å². The Bertz CT molecular complexity index is 3340. The molecule has 0 spiro atoms. The zero-order valence-corrected chi connectivity index (χ0v) is 37.5. The van der Waals surface area contributed by atoms with E-state index in [-0.39, 0.29) is 23.1 Å². The van der Waals surface area contributed by atoms with Gasteiger partial charge in [-0.2, -0.15) is 0 Å². The second-order valence-corrected chi connectivity index (χ2v) is 20.5. The Kier molecular flexibility index (Phi) is 7.91. The van der Waals surface area contributed by atoms with E-state index >= 15 is 0 Å². The van der Waals surface area contributed by atoms with Crippen molar-refractivity contribution < 1.29 is 4.42 Å². The number of rotatable bonds is 3. The molecule has 8 aromatic carbocycles. The first-order valence-electron chi connectivity index (χ1n) is 22.6. The molecular formula is C59H51BN2O. The van der Waals surface area contributed by atoms with Crippen molar-refractivity contribution in [2.45, 2.75) is 71.6 Å². The van der Waals surface area contributed by atoms with Gasteiger partial charge >= 0.3 is 6.85 Å². The van der Waals surface area contributed by atoms with Gasteiger partial charge in [0.15, 0.2) is 0 Å². The normalized spacial score (nSPS) is 14.7. The second-order valence-electron chi connectivity index (χ2n) is 20.5. The minimum Gasteiger partial charge on any atom is -0.455 e. The topological polar surface area (TPSA) is 19.6 Å². The third-order valence-electron chi connectivity index (χ3n) is 14.3. The molecule has 3 aliphatic rings. The molecule has 4 heteroatoms. The number of para-hydroxylation sites is 2. The van der Waals surface area contributed by atoms with E-state index < -0.39 is 0 Å². The highest BCUT2D eigenvalue weighted by molar-refractivity contribution is 6.94. The molecule has 0 fully saturated rings. The monoisotopic (exact) mass is 814 g/mol. The smallest absolute Gasteiger partial charge is 0.333 e. The first kappa shape index (κ1) is 37.9. The summed E-state index contributed by atoms with van der Waals surface area (Å²) in [5, 5.41) is 2.26. The number of nitrogens with zero attached hydrogens (tertiary/aromatic N) is 2. The van der Waals surface area contributed by atoms with E-state index in [0.29, 0.717) is 0 Å². The summed E-state index contributed by atoms with van der Waals surface area (Å²) in [6, 6.07) is 61.6. The van der Waals surface area contributed by atoms with Gasteiger partial charge in [0.05, 0.1) is 5.69 Å². The van der Waals surface area contributed by atoms with E-state index in [9.17, 15) is 0 Å². The third-order valence-corrected chi connectivity index (χ3v) is 14.3. The summed E-state index contributed by atoms with van der Waals surface area (Å²) in [4.78, 5) is 5.29. The zero-order valence-electron chi connectivity index (χ0n) is 37.5. The minimum atomic E-state index is -0.285. The van der Waals surface area contributed by atoms with E-state index in [1.165, 1.54) is 95.0 Å². The summed E-state index contributed by atoms with van der Waals surface area (Å²) in [6.07, 6.45) is 0. The lowest BCUT2D eigenvalue weighted by atomic mass is 9.43. The van der Waals surface area contributed by atoms with Crippen molar-refractivity contribution in [3.63, 3.8) is 0 Å². The summed E-state index contributed by atoms with van der Waals surface area (Å²) in [7, 11) is 0. The minimum absolute atomic E-state index is 0.0308. The number of hydrogen-bond acceptors (Lipinski definition) is 3. The molecule has 0 saturated carbocycles. The average molecular weight is 815 g/mol. The van der Waals surface area contributed by atoms with Gasteiger partial charge in [-0.1, -0.05) is 177 Å². The number of anilines is 5. The van der Waals surface area contributed by atoms with Crippen molar-refractivity contribution in [3.05, 3.63) is 186 Å². The Morgan fingerprint density at radius 3 is 1.95 bits per heavy atom. The molecule has 0 unspecified atom stereocenters. The van der Waals surface area contributed by atoms with Crippen LogP contribution >= 0.6 is 0 Å². The Morgan fingerprint density at radius 2 is 1.19 bits per heavy atom. The SMILES string of the molecule is CC(C)(C)c1ccc(N2B3c4ccc5c(c4N(c4ccc(C(C)(C)C)cc4-c4ccccc4)c4cc6c(oc7ccccc76)c(c43)-c3ccccc32)C(C)(C)c2ccccc2-5)cc1. The van der Waals surface area contributed by atoms with Crippen LogP contribution in [0.1, 0.15) is 77.6 Å². The summed E-state index contributed by atoms with van der Waals surface area (Å²) < 4.78 is 7.06. The van der Waals surface area contributed by atoms with Crippen molar-refractivity contribution in [3.8, 4) is 33.4 Å². The van der Waals surface area contributed by atoms with Crippen molar-refractivity contribution in [2.75, 3.05) is 9.71 Å². The van der Waals surface area contributed by atoms with Gasteiger partial charge in [0, 0.05) is 55.6 Å². The molecule has 3 nitrogen and oxygen atoms in total. The Labute approximate surface area is 371 Å². The number of hydrogen-bond donors (Lipinski definition) is 0. The number of furan rings is 1. The van der Waals surface area contributed by atoms with E-state index in [2.05, 4.69) is 229 Å². The predicted octanol–water partition coefficient (Wildman–Crippen LogP) is 14.9. The summed E-state index contributed by atoms with van der Waals surface area (Å²) in [5.74, 6) is 0. The first-order valence-corrected chi connectivity index (χ1v) is 22.6. The molecular weight excluding hydrogens is 763 g/mol. The van der Waals surface area contributed by atoms with Crippen LogP contribution in [0.4, 0.5) is 28.4 Å². The summed E-state index contributed by atoms with van der Waals surface area (Å²) >= 11 is 0. The summed E-state index contributed by atoms with van der Waals surface area (Å²) in [5.41, 5.74) is 22.8. The Balaban J connectivity index is 1.27. The van der Waals surface area contributed by atoms with Gasteiger partial charge in [0.2, 0.25) is 0 Å². The lowest BCUT2D eigenvalue weighted by molar-refractivity contribution is 0.590. The summed E-state index contributed by atoms with van der Waals surface area (Å²) in [6.45, 7) is 18.5. The quantitative estimate of drug-likeness (QED) is 0.166. The van der Waals surface area contributed by atoms with Gasteiger partial charge in [-0.15, -0.1) is 0 Å². The van der Waals surface area contributed by atoms with Crippen LogP contribution in [0, 0.1) is 0 Å². The highest BCUT2D eigenvalue weighted by atomic mass is 16.3. The standard InChI is InChI=1S/C59H51BN2O/c1-57(2,3)37-26-29-39(30-27-37)62-49-24-16-13-22-43(49)52-54-50(35-45-41-21-14-17-25-51(41)63-56(45)52)61(48-33-28-38(58(4,5)6)34-44(48)36-18-10-9-11-19-36)55-47(60(54)62)32-31-42-40-20-12-15-23-46(40)59(7,8)53(42)55/h9-35H,1-8H3. The molecule has 1 aromatic heterocycles. The maximum absolute atomic E-state index is 7.06. The zero-order chi connectivity index (χ0) is 43.2. The van der Waals surface area contributed by atoms with Crippen LogP contribution in [0.15, 0.2) is 168 Å². The van der Waals surface area contributed by atoms with Crippen molar-refractivity contribution in [2.24, 2.45) is 0 Å². The number of fused-ring (bicyclic) bond motifs is 12. The Hall–Kier alpha value is -6.78. The highest BCUT2D eigenvalue weighted by Gasteiger charge is 2.50. The lowest BCUT2D eigenvalue weighted by Gasteiger charge is -2.47. The lowest BCUT2D eigenvalue weighted by Crippen LogP contribution is -2.62. The molecule has 0 amide bonds. The van der Waals surface area contributed by atoms with E-state index in [4.69, 9.17) is 4.42 Å². The predicted molar refractivity (Wildman–Crippen MR) is 268 cm³/mol. The highest BCUT2D eigenvalue weighted by Crippen LogP contribution is 2.58. The molecule has 306 valence electrons. The molecule has 3 heterocycles. The van der Waals surface area contributed by atoms with Crippen LogP contribution in [0.3, 0.4) is 0 Å². The second kappa shape index (κ2) is 13.1. The molecule has 0 saturated heterocycles. The molecule has 0 atom stereocenters. The molecule has 2 aliphatic heterocycles. The molecule has 0 N–H and O–H groups in total. The fraction of sp³-hybridized carbons (Fsp3) is 0.186. The molecule has 0 bridgehead atoms. The van der Waals surface area contributed by atoms with Crippen LogP contribution in [-0.2, 0) is 16.2 Å². The van der Waals surface area contributed by atoms with Gasteiger partial charge in [-0.05, 0) is 103 Å². The Morgan fingerprint density at radius 1 is 0.524 bits per heavy atom. The molecule has 12 rings (SSSR count). The van der Waals surface area contributed by atoms with Crippen LogP contribution in [0.5, 0.6) is 0 Å². The van der Waals surface area contributed by atoms with Crippen LogP contribution in [0.2, 0.25) is 0 Å². The number of benzene rings is 8. The van der Waals surface area contributed by atoms with Gasteiger partial charge in [-0.3, -0.25) is 0 Å². The van der Waals surface area contributed by atoms with Crippen molar-refractivity contribution >= 4 is 68.1 Å². The van der Waals surface area contributed by atoms with E-state index in [0.717, 1.165) is 21.9 Å². The molecule has 0 radical (unpaired) electrons.